The van der Waals surface area contributed by atoms with Crippen molar-refractivity contribution >= 4 is 35.5 Å². The fourth-order valence-corrected chi connectivity index (χ4v) is 2.45. The maximum absolute atomic E-state index is 12.4. The molecule has 10 heteroatoms. The maximum atomic E-state index is 12.4. The molecule has 3 atom stereocenters. The van der Waals surface area contributed by atoms with Gasteiger partial charge in [-0.25, -0.2) is 4.79 Å². The summed E-state index contributed by atoms with van der Waals surface area (Å²) >= 11 is 1.47. The van der Waals surface area contributed by atoms with Crippen molar-refractivity contribution in [3.8, 4) is 0 Å². The van der Waals surface area contributed by atoms with Crippen molar-refractivity contribution in [2.24, 2.45) is 17.4 Å². The lowest BCUT2D eigenvalue weighted by molar-refractivity contribution is -0.142. The first-order valence-electron chi connectivity index (χ1n) is 7.96. The standard InChI is InChI=1S/C15H28N4O5S/c1-8(2)12(19-13(21)9(16)4-5-11(17)20)14(22)18-10(15(23)24)6-7-25-3/h8-10,12H,4-7,16H2,1-3H3,(H2,17,20)(H,18,22)(H,19,21)(H,23,24)/t9-,10-,12-/m0/s1. The first-order chi connectivity index (χ1) is 11.6. The Labute approximate surface area is 151 Å². The highest BCUT2D eigenvalue weighted by molar-refractivity contribution is 7.98. The molecular weight excluding hydrogens is 348 g/mol. The number of carbonyl (C=O) groups is 4. The quantitative estimate of drug-likeness (QED) is 0.293. The SMILES string of the molecule is CSCC[C@H](NC(=O)[C@@H](NC(=O)[C@@H](N)CCC(N)=O)C(C)C)C(=O)O. The van der Waals surface area contributed by atoms with Gasteiger partial charge < -0.3 is 27.2 Å². The van der Waals surface area contributed by atoms with Crippen LogP contribution in [0.25, 0.3) is 0 Å². The molecule has 144 valence electrons. The molecule has 0 aliphatic rings. The van der Waals surface area contributed by atoms with Gasteiger partial charge in [-0.1, -0.05) is 13.8 Å². The van der Waals surface area contributed by atoms with Crippen LogP contribution in [0.2, 0.25) is 0 Å². The van der Waals surface area contributed by atoms with Crippen LogP contribution in [0.3, 0.4) is 0 Å². The third kappa shape index (κ3) is 9.30. The van der Waals surface area contributed by atoms with E-state index in [-0.39, 0.29) is 25.2 Å². The summed E-state index contributed by atoms with van der Waals surface area (Å²) in [5.74, 6) is -2.57. The van der Waals surface area contributed by atoms with E-state index < -0.39 is 41.8 Å². The first-order valence-corrected chi connectivity index (χ1v) is 9.35. The fourth-order valence-electron chi connectivity index (χ4n) is 1.98. The summed E-state index contributed by atoms with van der Waals surface area (Å²) in [6.45, 7) is 3.44. The van der Waals surface area contributed by atoms with Gasteiger partial charge in [-0.3, -0.25) is 14.4 Å². The summed E-state index contributed by atoms with van der Waals surface area (Å²) in [5.41, 5.74) is 10.7. The van der Waals surface area contributed by atoms with Crippen molar-refractivity contribution in [1.82, 2.24) is 10.6 Å². The second-order valence-corrected chi connectivity index (χ2v) is 7.01. The summed E-state index contributed by atoms with van der Waals surface area (Å²) in [6.07, 6.45) is 2.15. The van der Waals surface area contributed by atoms with Crippen LogP contribution in [0, 0.1) is 5.92 Å². The lowest BCUT2D eigenvalue weighted by Crippen LogP contribution is -2.56. The highest BCUT2D eigenvalue weighted by Gasteiger charge is 2.29. The topological polar surface area (TPSA) is 165 Å². The highest BCUT2D eigenvalue weighted by atomic mass is 32.2. The maximum Gasteiger partial charge on any atom is 0.326 e. The van der Waals surface area contributed by atoms with E-state index in [0.717, 1.165) is 0 Å². The number of carboxylic acid groups (broad SMARTS) is 1. The molecule has 0 rings (SSSR count). The molecule has 0 bridgehead atoms. The van der Waals surface area contributed by atoms with Gasteiger partial charge in [0.15, 0.2) is 0 Å². The molecule has 7 N–H and O–H groups in total. The van der Waals surface area contributed by atoms with Crippen molar-refractivity contribution in [3.63, 3.8) is 0 Å². The molecule has 25 heavy (non-hydrogen) atoms. The number of hydrogen-bond acceptors (Lipinski definition) is 6. The van der Waals surface area contributed by atoms with Gasteiger partial charge in [-0.05, 0) is 30.8 Å². The van der Waals surface area contributed by atoms with E-state index in [9.17, 15) is 24.3 Å². The second kappa shape index (κ2) is 11.7. The zero-order valence-corrected chi connectivity index (χ0v) is 15.6. The van der Waals surface area contributed by atoms with Crippen molar-refractivity contribution in [1.29, 1.82) is 0 Å². The van der Waals surface area contributed by atoms with Gasteiger partial charge in [0.2, 0.25) is 17.7 Å². The number of carbonyl (C=O) groups excluding carboxylic acids is 3. The van der Waals surface area contributed by atoms with Crippen LogP contribution >= 0.6 is 11.8 Å². The first kappa shape index (κ1) is 23.2. The zero-order chi connectivity index (χ0) is 19.6. The number of amides is 3. The van der Waals surface area contributed by atoms with E-state index in [1.165, 1.54) is 11.8 Å². The number of rotatable bonds is 12. The van der Waals surface area contributed by atoms with Crippen molar-refractivity contribution in [3.05, 3.63) is 0 Å². The molecule has 0 radical (unpaired) electrons. The Balaban J connectivity index is 4.85. The molecule has 0 aliphatic heterocycles. The van der Waals surface area contributed by atoms with Gasteiger partial charge in [0.1, 0.15) is 12.1 Å². The Kier molecular flexibility index (Phi) is 10.8. The van der Waals surface area contributed by atoms with Gasteiger partial charge >= 0.3 is 5.97 Å². The number of hydrogen-bond donors (Lipinski definition) is 5. The molecule has 0 aromatic rings. The lowest BCUT2D eigenvalue weighted by atomic mass is 10.0. The van der Waals surface area contributed by atoms with Crippen LogP contribution in [0.5, 0.6) is 0 Å². The normalized spacial score (nSPS) is 14.4. The molecular formula is C15H28N4O5S. The Morgan fingerprint density at radius 3 is 2.12 bits per heavy atom. The van der Waals surface area contributed by atoms with Crippen LogP contribution in [0.1, 0.15) is 33.1 Å². The van der Waals surface area contributed by atoms with Crippen molar-refractivity contribution in [2.45, 2.75) is 51.2 Å². The number of aliphatic carboxylic acids is 1. The van der Waals surface area contributed by atoms with Crippen LogP contribution in [-0.4, -0.2) is 58.9 Å². The zero-order valence-electron chi connectivity index (χ0n) is 14.8. The minimum absolute atomic E-state index is 0.0388. The number of carboxylic acids is 1. The Hall–Kier alpha value is -1.81. The summed E-state index contributed by atoms with van der Waals surface area (Å²) in [5, 5.41) is 14.1. The molecule has 0 aromatic heterocycles. The molecule has 0 saturated carbocycles. The monoisotopic (exact) mass is 376 g/mol. The van der Waals surface area contributed by atoms with Crippen molar-refractivity contribution < 1.29 is 24.3 Å². The summed E-state index contributed by atoms with van der Waals surface area (Å²) < 4.78 is 0. The smallest absolute Gasteiger partial charge is 0.326 e. The average Bonchev–Trinajstić information content (AvgIpc) is 2.52. The van der Waals surface area contributed by atoms with E-state index in [2.05, 4.69) is 10.6 Å². The predicted octanol–water partition coefficient (Wildman–Crippen LogP) is -0.957. The van der Waals surface area contributed by atoms with Gasteiger partial charge in [0.05, 0.1) is 6.04 Å². The Morgan fingerprint density at radius 2 is 1.68 bits per heavy atom. The molecule has 0 saturated heterocycles. The molecule has 3 amide bonds. The van der Waals surface area contributed by atoms with E-state index >= 15 is 0 Å². The molecule has 0 heterocycles. The summed E-state index contributed by atoms with van der Waals surface area (Å²) in [6, 6.07) is -2.93. The number of thioether (sulfide) groups is 1. The van der Waals surface area contributed by atoms with Crippen LogP contribution < -0.4 is 22.1 Å². The van der Waals surface area contributed by atoms with Gasteiger partial charge in [-0.15, -0.1) is 0 Å². The average molecular weight is 376 g/mol. The van der Waals surface area contributed by atoms with E-state index in [4.69, 9.17) is 11.5 Å². The molecule has 0 spiro atoms. The van der Waals surface area contributed by atoms with Crippen molar-refractivity contribution in [2.75, 3.05) is 12.0 Å². The van der Waals surface area contributed by atoms with E-state index in [1.807, 2.05) is 6.26 Å². The second-order valence-electron chi connectivity index (χ2n) is 6.02. The van der Waals surface area contributed by atoms with E-state index in [0.29, 0.717) is 5.75 Å². The molecule has 9 nitrogen and oxygen atoms in total. The summed E-state index contributed by atoms with van der Waals surface area (Å²) in [7, 11) is 0. The largest absolute Gasteiger partial charge is 0.480 e. The van der Waals surface area contributed by atoms with Gasteiger partial charge in [0, 0.05) is 6.42 Å². The Morgan fingerprint density at radius 1 is 1.08 bits per heavy atom. The third-order valence-electron chi connectivity index (χ3n) is 3.51. The molecule has 0 aromatic carbocycles. The number of nitrogens with one attached hydrogen (secondary N) is 2. The number of primary amides is 1. The molecule has 0 fully saturated rings. The summed E-state index contributed by atoms with van der Waals surface area (Å²) in [4.78, 5) is 46.4. The molecule has 0 unspecified atom stereocenters. The van der Waals surface area contributed by atoms with E-state index in [1.54, 1.807) is 13.8 Å². The Bertz CT molecular complexity index is 487. The van der Waals surface area contributed by atoms with Gasteiger partial charge in [-0.2, -0.15) is 11.8 Å². The van der Waals surface area contributed by atoms with Crippen LogP contribution in [-0.2, 0) is 19.2 Å². The minimum atomic E-state index is -1.13. The predicted molar refractivity (Wildman–Crippen MR) is 95.7 cm³/mol. The minimum Gasteiger partial charge on any atom is -0.480 e. The third-order valence-corrected chi connectivity index (χ3v) is 4.15. The number of nitrogens with two attached hydrogens (primary N) is 2. The molecule has 0 aliphatic carbocycles. The highest BCUT2D eigenvalue weighted by Crippen LogP contribution is 2.06. The van der Waals surface area contributed by atoms with Gasteiger partial charge in [0.25, 0.3) is 0 Å². The van der Waals surface area contributed by atoms with Crippen LogP contribution in [0.15, 0.2) is 0 Å². The fraction of sp³-hybridized carbons (Fsp3) is 0.733. The van der Waals surface area contributed by atoms with Crippen LogP contribution in [0.4, 0.5) is 0 Å². The lowest BCUT2D eigenvalue weighted by Gasteiger charge is -2.25.